The molecule has 0 aromatic heterocycles. The van der Waals surface area contributed by atoms with E-state index in [2.05, 4.69) is 6.58 Å². The Hall–Kier alpha value is -1.24. The van der Waals surface area contributed by atoms with E-state index < -0.39 is 11.4 Å². The molecule has 0 aliphatic heterocycles. The summed E-state index contributed by atoms with van der Waals surface area (Å²) in [7, 11) is 0. The molecule has 0 spiro atoms. The van der Waals surface area contributed by atoms with E-state index in [-0.39, 0.29) is 26.2 Å². The van der Waals surface area contributed by atoms with Crippen molar-refractivity contribution in [2.24, 2.45) is 5.41 Å². The molecule has 0 fully saturated rings. The Morgan fingerprint density at radius 3 is 1.75 bits per heavy atom. The number of rotatable bonds is 7. The summed E-state index contributed by atoms with van der Waals surface area (Å²) in [5.41, 5.74) is -0.888. The minimum atomic E-state index is -0.981. The van der Waals surface area contributed by atoms with Crippen LogP contribution in [0, 0.1) is 5.41 Å². The predicted molar refractivity (Wildman–Crippen MR) is 56.8 cm³/mol. The van der Waals surface area contributed by atoms with Crippen molar-refractivity contribution in [1.82, 2.24) is 0 Å². The van der Waals surface area contributed by atoms with Crippen LogP contribution in [-0.4, -0.2) is 52.5 Å². The first-order chi connectivity index (χ1) is 7.51. The summed E-state index contributed by atoms with van der Waals surface area (Å²) in [5.74, 6) is -0.981. The van der Waals surface area contributed by atoms with E-state index in [1.54, 1.807) is 0 Å². The van der Waals surface area contributed by atoms with Crippen LogP contribution in [0.2, 0.25) is 0 Å². The van der Waals surface area contributed by atoms with Crippen LogP contribution < -0.4 is 0 Å². The Morgan fingerprint density at radius 2 is 1.56 bits per heavy atom. The molecule has 0 unspecified atom stereocenters. The van der Waals surface area contributed by atoms with Gasteiger partial charge in [-0.3, -0.25) is 0 Å². The monoisotopic (exact) mass is 234 g/mol. The molecule has 6 heteroatoms. The van der Waals surface area contributed by atoms with Gasteiger partial charge in [0.15, 0.2) is 0 Å². The Bertz CT molecular complexity index is 201. The van der Waals surface area contributed by atoms with Crippen LogP contribution in [0.15, 0.2) is 12.7 Å². The zero-order valence-corrected chi connectivity index (χ0v) is 9.00. The zero-order chi connectivity index (χ0) is 13.0. The molecule has 6 nitrogen and oxygen atoms in total. The van der Waals surface area contributed by atoms with Crippen molar-refractivity contribution < 1.29 is 30.0 Å². The molecule has 0 saturated heterocycles. The van der Waals surface area contributed by atoms with Crippen molar-refractivity contribution in [2.75, 3.05) is 19.8 Å². The normalized spacial score (nSPS) is 9.94. The topological polar surface area (TPSA) is 115 Å². The van der Waals surface area contributed by atoms with Crippen LogP contribution in [0.25, 0.3) is 0 Å². The molecule has 94 valence electrons. The maximum Gasteiger partial charge on any atom is 0.327 e. The van der Waals surface area contributed by atoms with Gasteiger partial charge in [-0.2, -0.15) is 0 Å². The molecule has 0 aromatic carbocycles. The lowest BCUT2D eigenvalue weighted by Gasteiger charge is -2.25. The van der Waals surface area contributed by atoms with Crippen molar-refractivity contribution in [1.29, 1.82) is 0 Å². The van der Waals surface area contributed by atoms with Gasteiger partial charge in [-0.15, -0.1) is 0 Å². The average molecular weight is 234 g/mol. The average Bonchev–Trinajstić information content (AvgIpc) is 2.32. The summed E-state index contributed by atoms with van der Waals surface area (Å²) in [6.45, 7) is 2.07. The summed E-state index contributed by atoms with van der Waals surface area (Å²) in [6, 6.07) is 0. The summed E-state index contributed by atoms with van der Waals surface area (Å²) >= 11 is 0. The number of hydrogen-bond donors (Lipinski definition) is 4. The number of carbonyl (C=O) groups is 2. The maximum absolute atomic E-state index is 9.95. The quantitative estimate of drug-likeness (QED) is 0.338. The van der Waals surface area contributed by atoms with E-state index in [0.29, 0.717) is 12.7 Å². The van der Waals surface area contributed by atoms with Crippen LogP contribution in [0.4, 0.5) is 0 Å². The highest BCUT2D eigenvalue weighted by molar-refractivity contribution is 5.78. The van der Waals surface area contributed by atoms with E-state index in [1.807, 2.05) is 0 Å². The Balaban J connectivity index is 0. The number of aliphatic hydroxyl groups excluding tert-OH is 3. The molecular formula is C10H18O6. The first-order valence-electron chi connectivity index (χ1n) is 4.63. The highest BCUT2D eigenvalue weighted by atomic mass is 16.4. The number of hydrogen-bond acceptors (Lipinski definition) is 5. The highest BCUT2D eigenvalue weighted by Gasteiger charge is 2.26. The molecule has 0 rings (SSSR count). The van der Waals surface area contributed by atoms with Gasteiger partial charge in [-0.25, -0.2) is 4.79 Å². The second-order valence-corrected chi connectivity index (χ2v) is 3.22. The Labute approximate surface area is 93.8 Å². The summed E-state index contributed by atoms with van der Waals surface area (Å²) in [4.78, 5) is 19.2. The second-order valence-electron chi connectivity index (χ2n) is 3.22. The number of aldehydes is 1. The van der Waals surface area contributed by atoms with Gasteiger partial charge in [0.1, 0.15) is 6.29 Å². The van der Waals surface area contributed by atoms with Crippen molar-refractivity contribution in [3.8, 4) is 0 Å². The van der Waals surface area contributed by atoms with Gasteiger partial charge in [0.05, 0.1) is 19.8 Å². The third-order valence-corrected chi connectivity index (χ3v) is 1.97. The molecule has 4 N–H and O–H groups in total. The van der Waals surface area contributed by atoms with Crippen LogP contribution >= 0.6 is 0 Å². The van der Waals surface area contributed by atoms with Gasteiger partial charge >= 0.3 is 5.97 Å². The Kier molecular flexibility index (Phi) is 11.0. The third-order valence-electron chi connectivity index (χ3n) is 1.97. The van der Waals surface area contributed by atoms with E-state index >= 15 is 0 Å². The SMILES string of the molecule is C=CC(=O)O.O=CCCC(CO)(CO)CO. The van der Waals surface area contributed by atoms with Gasteiger partial charge in [0.25, 0.3) is 0 Å². The molecule has 0 radical (unpaired) electrons. The first-order valence-corrected chi connectivity index (χ1v) is 4.63. The van der Waals surface area contributed by atoms with Gasteiger partial charge in [0, 0.05) is 17.9 Å². The fraction of sp³-hybridized carbons (Fsp3) is 0.600. The molecule has 0 bridgehead atoms. The summed E-state index contributed by atoms with van der Waals surface area (Å²) < 4.78 is 0. The van der Waals surface area contributed by atoms with Crippen molar-refractivity contribution in [3.05, 3.63) is 12.7 Å². The maximum atomic E-state index is 9.95. The molecule has 16 heavy (non-hydrogen) atoms. The lowest BCUT2D eigenvalue weighted by Crippen LogP contribution is -2.33. The van der Waals surface area contributed by atoms with Crippen LogP contribution in [-0.2, 0) is 9.59 Å². The molecule has 0 atom stereocenters. The van der Waals surface area contributed by atoms with Crippen molar-refractivity contribution in [2.45, 2.75) is 12.8 Å². The third kappa shape index (κ3) is 8.10. The van der Waals surface area contributed by atoms with E-state index in [4.69, 9.17) is 20.4 Å². The van der Waals surface area contributed by atoms with E-state index in [0.717, 1.165) is 6.08 Å². The fourth-order valence-corrected chi connectivity index (χ4v) is 0.752. The van der Waals surface area contributed by atoms with E-state index in [1.165, 1.54) is 0 Å². The summed E-state index contributed by atoms with van der Waals surface area (Å²) in [6.07, 6.45) is 2.11. The van der Waals surface area contributed by atoms with Gasteiger partial charge in [0.2, 0.25) is 0 Å². The standard InChI is InChI=1S/C7H14O4.C3H4O2/c8-3-1-2-7(4-9,5-10)6-11;1-2-3(4)5/h3,9-11H,1-2,4-6H2;2H,1H2,(H,4,5). The molecule has 0 aliphatic carbocycles. The largest absolute Gasteiger partial charge is 0.478 e. The van der Waals surface area contributed by atoms with Crippen LogP contribution in [0.1, 0.15) is 12.8 Å². The zero-order valence-electron chi connectivity index (χ0n) is 9.00. The van der Waals surface area contributed by atoms with Gasteiger partial charge in [-0.1, -0.05) is 6.58 Å². The smallest absolute Gasteiger partial charge is 0.327 e. The van der Waals surface area contributed by atoms with Crippen LogP contribution in [0.3, 0.4) is 0 Å². The number of carboxylic acids is 1. The van der Waals surface area contributed by atoms with Crippen molar-refractivity contribution in [3.63, 3.8) is 0 Å². The number of aliphatic carboxylic acids is 1. The number of aliphatic hydroxyl groups is 3. The molecular weight excluding hydrogens is 216 g/mol. The number of carbonyl (C=O) groups excluding carboxylic acids is 1. The Morgan fingerprint density at radius 1 is 1.19 bits per heavy atom. The predicted octanol–water partition coefficient (Wildman–Crippen LogP) is -0.814. The molecule has 0 aliphatic rings. The summed E-state index contributed by atoms with van der Waals surface area (Å²) in [5, 5.41) is 33.9. The molecule has 0 aromatic rings. The lowest BCUT2D eigenvalue weighted by molar-refractivity contribution is -0.131. The van der Waals surface area contributed by atoms with Gasteiger partial charge < -0.3 is 25.2 Å². The second kappa shape index (κ2) is 10.3. The molecule has 0 heterocycles. The minimum absolute atomic E-state index is 0.252. The molecule has 0 amide bonds. The van der Waals surface area contributed by atoms with E-state index in [9.17, 15) is 9.59 Å². The first kappa shape index (κ1) is 17.2. The van der Waals surface area contributed by atoms with Crippen molar-refractivity contribution >= 4 is 12.3 Å². The minimum Gasteiger partial charge on any atom is -0.478 e. The number of carboxylic acid groups (broad SMARTS) is 1. The van der Waals surface area contributed by atoms with Crippen LogP contribution in [0.5, 0.6) is 0 Å². The fourth-order valence-electron chi connectivity index (χ4n) is 0.752. The highest BCUT2D eigenvalue weighted by Crippen LogP contribution is 2.20. The molecule has 0 saturated carbocycles. The lowest BCUT2D eigenvalue weighted by atomic mass is 9.86. The van der Waals surface area contributed by atoms with Gasteiger partial charge in [-0.05, 0) is 6.42 Å².